The summed E-state index contributed by atoms with van der Waals surface area (Å²) in [6.07, 6.45) is 10.7. The Kier molecular flexibility index (Phi) is 4.01. The van der Waals surface area contributed by atoms with Gasteiger partial charge in [-0.1, -0.05) is 26.0 Å². The molecule has 4 nitrogen and oxygen atoms in total. The van der Waals surface area contributed by atoms with E-state index in [0.717, 1.165) is 37.7 Å². The van der Waals surface area contributed by atoms with Crippen LogP contribution < -0.4 is 5.32 Å². The van der Waals surface area contributed by atoms with Gasteiger partial charge in [0.1, 0.15) is 5.78 Å². The zero-order valence-corrected chi connectivity index (χ0v) is 16.0. The van der Waals surface area contributed by atoms with Crippen LogP contribution in [0, 0.1) is 34.5 Å². The minimum Gasteiger partial charge on any atom is -0.325 e. The van der Waals surface area contributed by atoms with Crippen LogP contribution in [0.5, 0.6) is 0 Å². The van der Waals surface area contributed by atoms with Gasteiger partial charge in [0.2, 0.25) is 6.41 Å². The molecule has 0 heterocycles. The normalized spacial score (nSPS) is 44.2. The lowest BCUT2D eigenvalue weighted by Gasteiger charge is -2.56. The molecule has 0 radical (unpaired) electrons. The summed E-state index contributed by atoms with van der Waals surface area (Å²) < 4.78 is 0. The molecule has 0 aromatic heterocycles. The molecule has 0 saturated heterocycles. The Labute approximate surface area is 155 Å². The molecule has 4 rings (SSSR count). The van der Waals surface area contributed by atoms with Gasteiger partial charge >= 0.3 is 0 Å². The molecule has 0 spiro atoms. The van der Waals surface area contributed by atoms with Crippen molar-refractivity contribution in [3.05, 3.63) is 23.4 Å². The molecule has 4 aliphatic rings. The Bertz CT molecular complexity index is 736. The third kappa shape index (κ3) is 2.23. The zero-order valence-electron chi connectivity index (χ0n) is 16.0. The number of allylic oxidation sites excluding steroid dienone is 4. The smallest absolute Gasteiger partial charge is 0.211 e. The van der Waals surface area contributed by atoms with Crippen molar-refractivity contribution < 1.29 is 14.4 Å². The Morgan fingerprint density at radius 2 is 1.96 bits per heavy atom. The third-order valence-corrected chi connectivity index (χ3v) is 8.37. The second-order valence-electron chi connectivity index (χ2n) is 9.33. The van der Waals surface area contributed by atoms with Crippen LogP contribution in [0.1, 0.15) is 59.3 Å². The van der Waals surface area contributed by atoms with Gasteiger partial charge in [-0.05, 0) is 73.2 Å². The monoisotopic (exact) mass is 355 g/mol. The van der Waals surface area contributed by atoms with E-state index in [1.54, 1.807) is 6.92 Å². The van der Waals surface area contributed by atoms with Crippen molar-refractivity contribution in [3.8, 4) is 0 Å². The predicted octanol–water partition coefficient (Wildman–Crippen LogP) is 3.57. The highest BCUT2D eigenvalue weighted by Gasteiger charge is 2.59. The minimum atomic E-state index is -0.0612. The van der Waals surface area contributed by atoms with E-state index in [9.17, 15) is 14.4 Å². The molecule has 1 amide bonds. The molecule has 0 bridgehead atoms. The van der Waals surface area contributed by atoms with Crippen LogP contribution in [-0.2, 0) is 14.4 Å². The average molecular weight is 355 g/mol. The molecular formula is C22H29NO3. The van der Waals surface area contributed by atoms with Gasteiger partial charge in [-0.3, -0.25) is 14.4 Å². The van der Waals surface area contributed by atoms with Gasteiger partial charge in [0, 0.05) is 12.3 Å². The quantitative estimate of drug-likeness (QED) is 0.787. The van der Waals surface area contributed by atoms with Crippen LogP contribution in [0.15, 0.2) is 23.4 Å². The number of hydrogen-bond donors (Lipinski definition) is 1. The molecule has 4 aliphatic carbocycles. The first-order valence-corrected chi connectivity index (χ1v) is 9.99. The highest BCUT2D eigenvalue weighted by Crippen LogP contribution is 2.65. The lowest BCUT2D eigenvalue weighted by atomic mass is 9.48. The van der Waals surface area contributed by atoms with E-state index in [2.05, 4.69) is 31.3 Å². The zero-order chi connectivity index (χ0) is 18.7. The first-order valence-electron chi connectivity index (χ1n) is 9.99. The topological polar surface area (TPSA) is 63.2 Å². The number of ketones is 2. The Morgan fingerprint density at radius 1 is 1.19 bits per heavy atom. The van der Waals surface area contributed by atoms with Crippen molar-refractivity contribution in [1.82, 2.24) is 5.32 Å². The Morgan fingerprint density at radius 3 is 2.65 bits per heavy atom. The first-order chi connectivity index (χ1) is 12.3. The van der Waals surface area contributed by atoms with E-state index in [1.165, 1.54) is 0 Å². The van der Waals surface area contributed by atoms with Crippen LogP contribution >= 0.6 is 0 Å². The number of rotatable bonds is 3. The molecule has 2 saturated carbocycles. The maximum absolute atomic E-state index is 12.3. The van der Waals surface area contributed by atoms with Crippen LogP contribution in [0.4, 0.5) is 0 Å². The number of fused-ring (bicyclic) bond motifs is 5. The van der Waals surface area contributed by atoms with Gasteiger partial charge in [0.15, 0.2) is 5.78 Å². The second kappa shape index (κ2) is 5.90. The molecule has 0 aromatic rings. The van der Waals surface area contributed by atoms with Crippen molar-refractivity contribution >= 4 is 18.0 Å². The molecule has 4 heteroatoms. The van der Waals surface area contributed by atoms with E-state index in [-0.39, 0.29) is 22.5 Å². The van der Waals surface area contributed by atoms with Crippen LogP contribution in [0.25, 0.3) is 0 Å². The lowest BCUT2D eigenvalue weighted by Crippen LogP contribution is -2.50. The largest absolute Gasteiger partial charge is 0.325 e. The maximum Gasteiger partial charge on any atom is 0.211 e. The van der Waals surface area contributed by atoms with Crippen LogP contribution in [0.2, 0.25) is 0 Å². The van der Waals surface area contributed by atoms with Crippen molar-refractivity contribution in [2.45, 2.75) is 59.3 Å². The van der Waals surface area contributed by atoms with E-state index >= 15 is 0 Å². The maximum atomic E-state index is 12.3. The average Bonchev–Trinajstić information content (AvgIpc) is 2.95. The highest BCUT2D eigenvalue weighted by molar-refractivity contribution is 5.99. The highest BCUT2D eigenvalue weighted by atomic mass is 16.1. The van der Waals surface area contributed by atoms with E-state index in [4.69, 9.17) is 0 Å². The van der Waals surface area contributed by atoms with Crippen LogP contribution in [0.3, 0.4) is 0 Å². The standard InChI is InChI=1S/C22H29NO3/c1-13(25)15-6-7-16-14-4-5-18-20(23-12-24)19(26)9-11-22(18,3)17(14)8-10-21(15,16)2/h4-5,12,14-17H,6-11H2,1-3H3,(H,23,24)/t14-,15+,16-,17-,21+,22+/m0/s1. The summed E-state index contributed by atoms with van der Waals surface area (Å²) in [4.78, 5) is 35.6. The predicted molar refractivity (Wildman–Crippen MR) is 98.9 cm³/mol. The second-order valence-corrected chi connectivity index (χ2v) is 9.33. The summed E-state index contributed by atoms with van der Waals surface area (Å²) in [5, 5.41) is 2.68. The minimum absolute atomic E-state index is 0.0471. The number of nitrogens with one attached hydrogen (secondary N) is 1. The number of carbonyl (C=O) groups excluding carboxylic acids is 3. The van der Waals surface area contributed by atoms with Gasteiger partial charge in [0.25, 0.3) is 0 Å². The molecule has 2 fully saturated rings. The molecule has 0 aromatic carbocycles. The summed E-state index contributed by atoms with van der Waals surface area (Å²) in [6, 6.07) is 0. The molecule has 26 heavy (non-hydrogen) atoms. The van der Waals surface area contributed by atoms with Gasteiger partial charge in [-0.2, -0.15) is 0 Å². The molecule has 140 valence electrons. The molecular weight excluding hydrogens is 326 g/mol. The third-order valence-electron chi connectivity index (χ3n) is 8.37. The lowest BCUT2D eigenvalue weighted by molar-refractivity contribution is -0.127. The summed E-state index contributed by atoms with van der Waals surface area (Å²) >= 11 is 0. The Balaban J connectivity index is 1.76. The molecule has 1 N–H and O–H groups in total. The fourth-order valence-electron chi connectivity index (χ4n) is 7.03. The summed E-state index contributed by atoms with van der Waals surface area (Å²) in [6.45, 7) is 6.37. The van der Waals surface area contributed by atoms with Crippen molar-refractivity contribution in [1.29, 1.82) is 0 Å². The summed E-state index contributed by atoms with van der Waals surface area (Å²) in [7, 11) is 0. The van der Waals surface area contributed by atoms with Crippen LogP contribution in [-0.4, -0.2) is 18.0 Å². The van der Waals surface area contributed by atoms with E-state index in [1.807, 2.05) is 0 Å². The van der Waals surface area contributed by atoms with Crippen molar-refractivity contribution in [3.63, 3.8) is 0 Å². The summed E-state index contributed by atoms with van der Waals surface area (Å²) in [5.74, 6) is 2.10. The number of carbonyl (C=O) groups is 3. The SMILES string of the molecule is CC(=O)[C@H]1CC[C@H]2[C@@H]3C=CC4=C(NC=O)C(=O)CC[C@]4(C)[C@H]3CC[C@]12C. The van der Waals surface area contributed by atoms with Gasteiger partial charge in [0.05, 0.1) is 5.70 Å². The Hall–Kier alpha value is -1.71. The van der Waals surface area contributed by atoms with Crippen molar-refractivity contribution in [2.24, 2.45) is 34.5 Å². The van der Waals surface area contributed by atoms with E-state index in [0.29, 0.717) is 42.1 Å². The van der Waals surface area contributed by atoms with Gasteiger partial charge in [-0.15, -0.1) is 0 Å². The van der Waals surface area contributed by atoms with Gasteiger partial charge < -0.3 is 5.32 Å². The summed E-state index contributed by atoms with van der Waals surface area (Å²) in [5.41, 5.74) is 1.58. The molecule has 6 atom stereocenters. The van der Waals surface area contributed by atoms with Gasteiger partial charge in [-0.25, -0.2) is 0 Å². The number of Topliss-reactive ketones (excluding diaryl/α,β-unsaturated/α-hetero) is 2. The van der Waals surface area contributed by atoms with E-state index < -0.39 is 0 Å². The van der Waals surface area contributed by atoms with Crippen molar-refractivity contribution in [2.75, 3.05) is 0 Å². The molecule has 0 unspecified atom stereocenters. The fraction of sp³-hybridized carbons (Fsp3) is 0.682. The first kappa shape index (κ1) is 17.7. The number of hydrogen-bond acceptors (Lipinski definition) is 3. The number of amides is 1. The molecule has 0 aliphatic heterocycles. The fourth-order valence-corrected chi connectivity index (χ4v) is 7.03.